The number of carbonyl (C=O) groups is 1. The third-order valence-corrected chi connectivity index (χ3v) is 14.3. The summed E-state index contributed by atoms with van der Waals surface area (Å²) in [4.78, 5) is 22.5. The molecule has 61 heavy (non-hydrogen) atoms. The van der Waals surface area contributed by atoms with Crippen LogP contribution >= 0.6 is 0 Å². The molecule has 0 aliphatic carbocycles. The topological polar surface area (TPSA) is 215 Å². The number of hydrogen-bond acceptors (Lipinski definition) is 16. The van der Waals surface area contributed by atoms with Crippen molar-refractivity contribution in [3.63, 3.8) is 0 Å². The normalized spacial score (nSPS) is 44.6. The molecule has 3 aliphatic heterocycles. The molecule has 0 aromatic heterocycles. The van der Waals surface area contributed by atoms with Gasteiger partial charge in [-0.3, -0.25) is 9.00 Å². The van der Waals surface area contributed by atoms with E-state index in [4.69, 9.17) is 33.3 Å². The number of likely N-dealkylation sites (N-methyl/N-ethyl adjacent to an activating group) is 1. The Kier molecular flexibility index (Phi) is 17.9. The Morgan fingerprint density at radius 2 is 1.56 bits per heavy atom. The third kappa shape index (κ3) is 12.0. The van der Waals surface area contributed by atoms with Crippen molar-refractivity contribution in [1.29, 1.82) is 0 Å². The SMILES string of the molecule is CCC1OC(=O)[C@H](C)C(O[C@H]2C[C@@](C)(OC)[C@@H](O)[C@H](C)O2)[C@H](C)[C@@H](O[C@@H]2O[C@H](C)C[C@H](N(C)C)[C@H]2O)[C@](C)(O)C[C@@H](C)/C(=N\OCS(=O)c2ccccc2)[C@H](C)[C@@H](O)[C@]1(C)O. The van der Waals surface area contributed by atoms with E-state index in [-0.39, 0.29) is 43.1 Å². The maximum atomic E-state index is 14.4. The van der Waals surface area contributed by atoms with Gasteiger partial charge >= 0.3 is 5.97 Å². The van der Waals surface area contributed by atoms with E-state index in [0.29, 0.717) is 11.3 Å². The van der Waals surface area contributed by atoms with E-state index in [1.165, 1.54) is 14.0 Å². The summed E-state index contributed by atoms with van der Waals surface area (Å²) in [6, 6.07) is 8.39. The molecule has 3 saturated heterocycles. The highest BCUT2D eigenvalue weighted by Gasteiger charge is 2.53. The quantitative estimate of drug-likeness (QED) is 0.159. The average Bonchev–Trinajstić information content (AvgIpc) is 3.20. The molecule has 0 amide bonds. The lowest BCUT2D eigenvalue weighted by atomic mass is 9.73. The van der Waals surface area contributed by atoms with Gasteiger partial charge in [0.1, 0.15) is 23.9 Å². The minimum absolute atomic E-state index is 0.0751. The van der Waals surface area contributed by atoms with Gasteiger partial charge in [0.2, 0.25) is 0 Å². The molecular formula is C44H74N2O14S. The van der Waals surface area contributed by atoms with Crippen LogP contribution in [0.4, 0.5) is 0 Å². The number of aliphatic hydroxyl groups is 5. The van der Waals surface area contributed by atoms with Gasteiger partial charge in [0.25, 0.3) is 0 Å². The molecule has 3 unspecified atom stereocenters. The number of rotatable bonds is 11. The smallest absolute Gasteiger partial charge is 0.311 e. The first-order valence-electron chi connectivity index (χ1n) is 21.6. The van der Waals surface area contributed by atoms with Gasteiger partial charge in [-0.15, -0.1) is 0 Å². The van der Waals surface area contributed by atoms with E-state index < -0.39 is 113 Å². The highest BCUT2D eigenvalue weighted by molar-refractivity contribution is 7.84. The number of carbonyl (C=O) groups excluding carboxylic acids is 1. The van der Waals surface area contributed by atoms with E-state index in [1.807, 2.05) is 32.0 Å². The Balaban J connectivity index is 1.86. The molecule has 0 spiro atoms. The van der Waals surface area contributed by atoms with Crippen molar-refractivity contribution in [2.75, 3.05) is 27.1 Å². The second-order valence-electron chi connectivity index (χ2n) is 18.5. The standard InChI is InChI=1S/C44H74N2O14S/c1-14-32-44(10,52)37(48)26(4)34(45-55-23-61(53)30-18-16-15-17-19-30)24(2)21-42(8,51)39(60-41-35(47)31(46(11)12)20-25(3)56-41)27(5)36(28(6)40(50)58-32)59-33-22-43(9,54-13)38(49)29(7)57-33/h15-19,24-29,31-33,35-39,41,47-49,51-52H,14,20-23H2,1-13H3/b45-34+/t24-,25-,26+,27+,28-,29+,31+,32?,33+,35-,36?,37-,38+,39-,41+,42-,43-,44-,61?/m1/s1. The maximum Gasteiger partial charge on any atom is 0.311 e. The molecule has 16 nitrogen and oxygen atoms in total. The van der Waals surface area contributed by atoms with E-state index in [0.717, 1.165) is 0 Å². The fraction of sp³-hybridized carbons (Fsp3) is 0.818. The van der Waals surface area contributed by atoms with Crippen LogP contribution in [0.5, 0.6) is 0 Å². The molecule has 4 rings (SSSR count). The fourth-order valence-electron chi connectivity index (χ4n) is 9.38. The third-order valence-electron chi connectivity index (χ3n) is 13.2. The first kappa shape index (κ1) is 51.5. The summed E-state index contributed by atoms with van der Waals surface area (Å²) in [6.45, 7) is 16.8. The van der Waals surface area contributed by atoms with Gasteiger partial charge in [-0.05, 0) is 87.0 Å². The molecule has 0 bridgehead atoms. The van der Waals surface area contributed by atoms with E-state index in [1.54, 1.807) is 79.7 Å². The van der Waals surface area contributed by atoms with Crippen LogP contribution in [0.1, 0.15) is 94.9 Å². The van der Waals surface area contributed by atoms with Crippen molar-refractivity contribution in [3.8, 4) is 0 Å². The number of hydrogen-bond donors (Lipinski definition) is 5. The summed E-state index contributed by atoms with van der Waals surface area (Å²) in [5.74, 6) is -4.65. The lowest BCUT2D eigenvalue weighted by molar-refractivity contribution is -0.317. The van der Waals surface area contributed by atoms with Gasteiger partial charge in [0, 0.05) is 42.2 Å². The number of ether oxygens (including phenoxy) is 6. The lowest BCUT2D eigenvalue weighted by Gasteiger charge is -2.49. The summed E-state index contributed by atoms with van der Waals surface area (Å²) >= 11 is 0. The predicted molar refractivity (Wildman–Crippen MR) is 227 cm³/mol. The van der Waals surface area contributed by atoms with Gasteiger partial charge in [-0.25, -0.2) is 0 Å². The van der Waals surface area contributed by atoms with E-state index >= 15 is 0 Å². The van der Waals surface area contributed by atoms with E-state index in [9.17, 15) is 34.5 Å². The Labute approximate surface area is 364 Å². The van der Waals surface area contributed by atoms with Crippen LogP contribution in [-0.4, -0.2) is 158 Å². The number of nitrogens with zero attached hydrogens (tertiary/aromatic N) is 2. The van der Waals surface area contributed by atoms with Crippen LogP contribution < -0.4 is 0 Å². The van der Waals surface area contributed by atoms with Crippen LogP contribution in [0.3, 0.4) is 0 Å². The summed E-state index contributed by atoms with van der Waals surface area (Å²) in [7, 11) is 3.61. The Morgan fingerprint density at radius 3 is 2.15 bits per heavy atom. The van der Waals surface area contributed by atoms with Gasteiger partial charge < -0.3 is 63.7 Å². The summed E-state index contributed by atoms with van der Waals surface area (Å²) < 4.78 is 50.8. The van der Waals surface area contributed by atoms with Crippen molar-refractivity contribution in [2.24, 2.45) is 28.8 Å². The summed E-state index contributed by atoms with van der Waals surface area (Å²) in [5, 5.41) is 63.9. The molecule has 1 aromatic carbocycles. The lowest BCUT2D eigenvalue weighted by Crippen LogP contribution is -2.61. The fourth-order valence-corrected chi connectivity index (χ4v) is 10.1. The number of esters is 1. The molecule has 3 heterocycles. The number of methoxy groups -OCH3 is 1. The number of aliphatic hydroxyl groups excluding tert-OH is 3. The van der Waals surface area contributed by atoms with Crippen LogP contribution in [-0.2, 0) is 48.9 Å². The Morgan fingerprint density at radius 1 is 0.918 bits per heavy atom. The number of oxime groups is 1. The summed E-state index contributed by atoms with van der Waals surface area (Å²) in [6.07, 6.45) is -9.84. The minimum Gasteiger partial charge on any atom is -0.459 e. The van der Waals surface area contributed by atoms with Crippen molar-refractivity contribution in [1.82, 2.24) is 4.90 Å². The minimum atomic E-state index is -2.01. The van der Waals surface area contributed by atoms with Crippen LogP contribution in [0.15, 0.2) is 40.4 Å². The first-order valence-corrected chi connectivity index (χ1v) is 22.9. The van der Waals surface area contributed by atoms with Crippen molar-refractivity contribution in [2.45, 2.75) is 184 Å². The molecule has 0 radical (unpaired) electrons. The molecule has 3 aliphatic rings. The van der Waals surface area contributed by atoms with Crippen molar-refractivity contribution in [3.05, 3.63) is 30.3 Å². The second kappa shape index (κ2) is 21.2. The Bertz CT molecular complexity index is 1620. The van der Waals surface area contributed by atoms with Gasteiger partial charge in [0.05, 0.1) is 64.2 Å². The molecule has 5 N–H and O–H groups in total. The number of cyclic esters (lactones) is 1. The van der Waals surface area contributed by atoms with Gasteiger partial charge in [0.15, 0.2) is 18.5 Å². The second-order valence-corrected chi connectivity index (χ2v) is 19.9. The summed E-state index contributed by atoms with van der Waals surface area (Å²) in [5.41, 5.74) is -4.66. The van der Waals surface area contributed by atoms with Crippen LogP contribution in [0.2, 0.25) is 0 Å². The molecule has 17 heteroatoms. The zero-order chi connectivity index (χ0) is 45.8. The maximum absolute atomic E-state index is 14.4. The molecule has 19 atom stereocenters. The van der Waals surface area contributed by atoms with Crippen molar-refractivity contribution >= 4 is 22.5 Å². The zero-order valence-corrected chi connectivity index (χ0v) is 39.1. The predicted octanol–water partition coefficient (Wildman–Crippen LogP) is 3.35. The monoisotopic (exact) mass is 886 g/mol. The Hall–Kier alpha value is -2.13. The largest absolute Gasteiger partial charge is 0.459 e. The molecule has 3 fully saturated rings. The van der Waals surface area contributed by atoms with Crippen molar-refractivity contribution < 1.29 is 67.8 Å². The van der Waals surface area contributed by atoms with Crippen LogP contribution in [0.25, 0.3) is 0 Å². The molecular weight excluding hydrogens is 813 g/mol. The zero-order valence-electron chi connectivity index (χ0n) is 38.3. The highest BCUT2D eigenvalue weighted by atomic mass is 32.2. The first-order chi connectivity index (χ1) is 28.4. The van der Waals surface area contributed by atoms with Gasteiger partial charge in [-0.1, -0.05) is 51.0 Å². The number of benzene rings is 1. The average molecular weight is 887 g/mol. The highest BCUT2D eigenvalue weighted by Crippen LogP contribution is 2.41. The van der Waals surface area contributed by atoms with E-state index in [2.05, 4.69) is 5.16 Å². The molecule has 350 valence electrons. The van der Waals surface area contributed by atoms with Gasteiger partial charge in [-0.2, -0.15) is 0 Å². The molecule has 0 saturated carbocycles. The molecule has 1 aromatic rings. The van der Waals surface area contributed by atoms with Crippen LogP contribution in [0, 0.1) is 23.7 Å².